The van der Waals surface area contributed by atoms with Crippen molar-refractivity contribution in [3.8, 4) is 6.07 Å². The smallest absolute Gasteiger partial charge is 0.346 e. The number of carbonyl (C=O) groups excluding carboxylic acids is 1. The number of hydrogen-bond donors (Lipinski definition) is 3. The van der Waals surface area contributed by atoms with E-state index in [1.54, 1.807) is 16.8 Å². The van der Waals surface area contributed by atoms with Crippen LogP contribution in [0.5, 0.6) is 0 Å². The van der Waals surface area contributed by atoms with Crippen LogP contribution in [-0.2, 0) is 42.7 Å². The molecular weight excluding hydrogens is 715 g/mol. The first-order valence-corrected chi connectivity index (χ1v) is 21.2. The Kier molecular flexibility index (Phi) is 13.6. The molecule has 1 saturated carbocycles. The monoisotopic (exact) mass is 760 g/mol. The van der Waals surface area contributed by atoms with E-state index in [1.807, 2.05) is 0 Å². The topological polar surface area (TPSA) is 209 Å². The summed E-state index contributed by atoms with van der Waals surface area (Å²) in [6.07, 6.45) is 9.82. The number of nitrogens with one attached hydrogen (secondary N) is 1. The van der Waals surface area contributed by atoms with E-state index < -0.39 is 72.5 Å². The van der Waals surface area contributed by atoms with Crippen molar-refractivity contribution in [1.82, 2.24) is 9.55 Å². The number of rotatable bonds is 19. The second-order valence-electron chi connectivity index (χ2n) is 13.1. The summed E-state index contributed by atoms with van der Waals surface area (Å²) in [5, 5.41) is 24.0. The Balaban J connectivity index is 1.18. The highest BCUT2D eigenvalue weighted by Crippen LogP contribution is 2.46. The van der Waals surface area contributed by atoms with Crippen molar-refractivity contribution < 1.29 is 51.2 Å². The molecule has 2 saturated heterocycles. The van der Waals surface area contributed by atoms with Crippen molar-refractivity contribution >= 4 is 51.7 Å². The summed E-state index contributed by atoms with van der Waals surface area (Å²) in [5.74, 6) is -1.38. The van der Waals surface area contributed by atoms with Crippen LogP contribution in [0.4, 0.5) is 5.69 Å². The molecule has 2 unspecified atom stereocenters. The van der Waals surface area contributed by atoms with Gasteiger partial charge in [-0.1, -0.05) is 76.3 Å². The number of carbonyl (C=O) groups is 1. The number of esters is 1. The van der Waals surface area contributed by atoms with Crippen molar-refractivity contribution in [3.63, 3.8) is 0 Å². The Morgan fingerprint density at radius 1 is 1.14 bits per heavy atom. The minimum atomic E-state index is -4.75. The predicted octanol–water partition coefficient (Wildman–Crippen LogP) is 5.48. The number of sulfone groups is 1. The van der Waals surface area contributed by atoms with Crippen LogP contribution in [0, 0.1) is 11.3 Å². The van der Waals surface area contributed by atoms with Crippen molar-refractivity contribution in [1.29, 1.82) is 5.26 Å². The van der Waals surface area contributed by atoms with Crippen LogP contribution >= 0.6 is 19.2 Å². The molecule has 0 radical (unpaired) electrons. The quantitative estimate of drug-likeness (QED) is 0.0533. The molecule has 15 nitrogen and oxygen atoms in total. The minimum Gasteiger partial charge on any atom is -0.438 e. The maximum Gasteiger partial charge on any atom is 0.346 e. The minimum absolute atomic E-state index is 0.0321. The molecule has 18 heteroatoms. The van der Waals surface area contributed by atoms with E-state index >= 15 is 0 Å². The summed E-state index contributed by atoms with van der Waals surface area (Å²) in [6.45, 7) is -0.374. The summed E-state index contributed by atoms with van der Waals surface area (Å²) in [7, 11) is -9.09. The summed E-state index contributed by atoms with van der Waals surface area (Å²) in [4.78, 5) is 26.7. The van der Waals surface area contributed by atoms with Crippen LogP contribution in [0.15, 0.2) is 12.3 Å². The number of unbranched alkanes of at least 4 members (excludes halogenated alkanes) is 7. The molecule has 0 aromatic carbocycles. The zero-order valence-corrected chi connectivity index (χ0v) is 30.5. The molecule has 3 N–H and O–H groups in total. The van der Waals surface area contributed by atoms with Crippen molar-refractivity contribution in [2.24, 2.45) is 0 Å². The standard InChI is InChI=1S/C32H46ClN4O11PS/c1-2-3-4-5-6-7-8-9-14-25(38)44-19-45-49(40,41)20-50(42,43)18-24-27-28(48-32(39)47-27)31(46-24)37-16-15-22-26(35-21-12-10-11-13-21)23(17-34)29(33)36-30(22)37/h15-16,21,24,27-28,31-32,39H,2-14,18-20H2,1H3,(H,35,36)(H,40,41)/t24-,27-,28-,31-,32?/m1/s1. The Hall–Kier alpha value is -2.32. The molecule has 3 fully saturated rings. The van der Waals surface area contributed by atoms with Gasteiger partial charge in [-0.3, -0.25) is 13.9 Å². The van der Waals surface area contributed by atoms with E-state index in [-0.39, 0.29) is 23.2 Å². The number of halogens is 1. The van der Waals surface area contributed by atoms with Crippen LogP contribution < -0.4 is 5.32 Å². The maximum absolute atomic E-state index is 13.2. The number of aliphatic hydroxyl groups excluding tert-OH is 1. The summed E-state index contributed by atoms with van der Waals surface area (Å²) >= 11 is 6.45. The predicted molar refractivity (Wildman–Crippen MR) is 183 cm³/mol. The van der Waals surface area contributed by atoms with Gasteiger partial charge in [-0.2, -0.15) is 5.26 Å². The first-order valence-electron chi connectivity index (χ1n) is 17.2. The summed E-state index contributed by atoms with van der Waals surface area (Å²) < 4.78 is 67.4. The fourth-order valence-electron chi connectivity index (χ4n) is 6.79. The van der Waals surface area contributed by atoms with Crippen molar-refractivity contribution in [3.05, 3.63) is 23.0 Å². The summed E-state index contributed by atoms with van der Waals surface area (Å²) in [6, 6.07) is 4.01. The molecule has 0 bridgehead atoms. The third kappa shape index (κ3) is 9.96. The number of aliphatic hydroxyl groups is 1. The number of ether oxygens (including phenoxy) is 4. The molecule has 2 aliphatic heterocycles. The molecule has 278 valence electrons. The van der Waals surface area contributed by atoms with Gasteiger partial charge in [-0.15, -0.1) is 0 Å². The van der Waals surface area contributed by atoms with Gasteiger partial charge >= 0.3 is 13.6 Å². The van der Waals surface area contributed by atoms with Gasteiger partial charge in [0, 0.05) is 24.0 Å². The number of pyridine rings is 1. The Bertz CT molecular complexity index is 1680. The number of hydrogen-bond acceptors (Lipinski definition) is 13. The van der Waals surface area contributed by atoms with E-state index in [2.05, 4.69) is 23.3 Å². The van der Waals surface area contributed by atoms with Gasteiger partial charge in [-0.25, -0.2) is 13.4 Å². The van der Waals surface area contributed by atoms with E-state index in [9.17, 15) is 33.0 Å². The molecule has 4 heterocycles. The van der Waals surface area contributed by atoms with Gasteiger partial charge < -0.3 is 38.8 Å². The Morgan fingerprint density at radius 2 is 1.82 bits per heavy atom. The summed E-state index contributed by atoms with van der Waals surface area (Å²) in [5.41, 5.74) is -0.208. The van der Waals surface area contributed by atoms with Gasteiger partial charge in [0.05, 0.1) is 11.4 Å². The van der Waals surface area contributed by atoms with Crippen LogP contribution in [0.25, 0.3) is 11.0 Å². The molecular formula is C32H46ClN4O11PS. The van der Waals surface area contributed by atoms with Gasteiger partial charge in [0.25, 0.3) is 6.48 Å². The maximum atomic E-state index is 13.2. The number of nitriles is 1. The van der Waals surface area contributed by atoms with Gasteiger partial charge in [0.1, 0.15) is 35.6 Å². The van der Waals surface area contributed by atoms with Gasteiger partial charge in [-0.05, 0) is 25.3 Å². The number of aromatic nitrogens is 2. The highest BCUT2D eigenvalue weighted by molar-refractivity contribution is 7.97. The van der Waals surface area contributed by atoms with Gasteiger partial charge in [0.15, 0.2) is 26.7 Å². The number of nitrogens with zero attached hydrogens (tertiary/aromatic N) is 3. The lowest BCUT2D eigenvalue weighted by Crippen LogP contribution is -2.34. The second-order valence-corrected chi connectivity index (χ2v) is 17.8. The molecule has 0 amide bonds. The fraction of sp³-hybridized carbons (Fsp3) is 0.719. The lowest BCUT2D eigenvalue weighted by molar-refractivity contribution is -0.239. The molecule has 0 spiro atoms. The normalized spacial score (nSPS) is 25.1. The molecule has 3 aliphatic rings. The first-order chi connectivity index (χ1) is 23.9. The second kappa shape index (κ2) is 17.5. The molecule has 50 heavy (non-hydrogen) atoms. The third-order valence-electron chi connectivity index (χ3n) is 9.23. The number of fused-ring (bicyclic) bond motifs is 2. The van der Waals surface area contributed by atoms with Crippen LogP contribution in [0.2, 0.25) is 5.15 Å². The Morgan fingerprint density at radius 3 is 2.52 bits per heavy atom. The van der Waals surface area contributed by atoms with Crippen molar-refractivity contribution in [2.45, 2.75) is 127 Å². The van der Waals surface area contributed by atoms with Crippen molar-refractivity contribution in [2.75, 3.05) is 23.4 Å². The van der Waals surface area contributed by atoms with E-state index in [0.717, 1.165) is 44.9 Å². The first kappa shape index (κ1) is 38.9. The van der Waals surface area contributed by atoms with Crippen LogP contribution in [-0.4, -0.2) is 82.8 Å². The van der Waals surface area contributed by atoms with E-state index in [4.69, 9.17) is 35.1 Å². The zero-order valence-electron chi connectivity index (χ0n) is 28.1. The van der Waals surface area contributed by atoms with Crippen LogP contribution in [0.1, 0.15) is 102 Å². The molecule has 6 atom stereocenters. The lowest BCUT2D eigenvalue weighted by atomic mass is 10.1. The van der Waals surface area contributed by atoms with E-state index in [1.165, 1.54) is 25.7 Å². The van der Waals surface area contributed by atoms with Gasteiger partial charge in [0.2, 0.25) is 6.79 Å². The highest BCUT2D eigenvalue weighted by atomic mass is 35.5. The third-order valence-corrected chi connectivity index (χ3v) is 13.7. The van der Waals surface area contributed by atoms with Crippen LogP contribution in [0.3, 0.4) is 0 Å². The number of anilines is 1. The zero-order chi connectivity index (χ0) is 35.9. The SMILES string of the molecule is CCCCCCCCCCC(=O)OCOP(=O)(O)CS(=O)(=O)C[C@H]1O[C@@H](n2ccc3c(NC4CCCC4)c(C#N)c(Cl)nc32)[C@@H]2OC(O)O[C@@H]21. The fourth-order valence-corrected chi connectivity index (χ4v) is 10.7. The molecule has 1 aliphatic carbocycles. The lowest BCUT2D eigenvalue weighted by Gasteiger charge is -2.21. The van der Waals surface area contributed by atoms with E-state index in [0.29, 0.717) is 23.1 Å². The molecule has 2 aromatic rings. The highest BCUT2D eigenvalue weighted by Gasteiger charge is 2.55. The largest absolute Gasteiger partial charge is 0.438 e. The average molecular weight is 761 g/mol. The molecule has 5 rings (SSSR count). The Labute approximate surface area is 297 Å². The molecule has 2 aromatic heterocycles. The average Bonchev–Trinajstić information content (AvgIpc) is 3.84.